The van der Waals surface area contributed by atoms with E-state index in [0.717, 1.165) is 30.7 Å². The van der Waals surface area contributed by atoms with Gasteiger partial charge in [-0.3, -0.25) is 4.98 Å². The van der Waals surface area contributed by atoms with Gasteiger partial charge in [-0.2, -0.15) is 13.2 Å². The molecule has 4 aromatic rings. The van der Waals surface area contributed by atoms with Gasteiger partial charge in [-0.1, -0.05) is 19.1 Å². The van der Waals surface area contributed by atoms with E-state index in [0.29, 0.717) is 16.7 Å². The fourth-order valence-corrected chi connectivity index (χ4v) is 5.20. The minimum atomic E-state index is -4.56. The predicted molar refractivity (Wildman–Crippen MR) is 114 cm³/mol. The minimum Gasteiger partial charge on any atom is -0.310 e. The van der Waals surface area contributed by atoms with Crippen molar-refractivity contribution >= 4 is 31.8 Å². The highest BCUT2D eigenvalue weighted by Crippen LogP contribution is 2.42. The van der Waals surface area contributed by atoms with Crippen molar-refractivity contribution in [2.45, 2.75) is 36.8 Å². The molecule has 6 nitrogen and oxygen atoms in total. The molecule has 1 saturated carbocycles. The molecule has 0 aliphatic heterocycles. The van der Waals surface area contributed by atoms with Crippen molar-refractivity contribution in [2.24, 2.45) is 7.05 Å². The highest BCUT2D eigenvalue weighted by Gasteiger charge is 2.32. The third kappa shape index (κ3) is 3.33. The first kappa shape index (κ1) is 20.9. The Bertz CT molecular complexity index is 1490. The minimum absolute atomic E-state index is 0.0168. The highest BCUT2D eigenvalue weighted by molar-refractivity contribution is 7.91. The molecular formula is C22H19F3N4O2S. The third-order valence-electron chi connectivity index (χ3n) is 5.86. The molecule has 0 unspecified atom stereocenters. The molecule has 1 fully saturated rings. The second-order valence-electron chi connectivity index (χ2n) is 8.02. The Balaban J connectivity index is 1.78. The Morgan fingerprint density at radius 1 is 1.12 bits per heavy atom. The molecule has 1 aromatic carbocycles. The lowest BCUT2D eigenvalue weighted by molar-refractivity contribution is -0.137. The average Bonchev–Trinajstić information content (AvgIpc) is 3.55. The van der Waals surface area contributed by atoms with Crippen molar-refractivity contribution in [1.82, 2.24) is 19.5 Å². The molecule has 1 aliphatic carbocycles. The summed E-state index contributed by atoms with van der Waals surface area (Å²) >= 11 is 0. The number of aryl methyl sites for hydroxylation is 1. The molecule has 166 valence electrons. The zero-order valence-corrected chi connectivity index (χ0v) is 18.1. The van der Waals surface area contributed by atoms with Crippen LogP contribution in [-0.2, 0) is 23.1 Å². The Hall–Kier alpha value is -3.01. The first-order valence-corrected chi connectivity index (χ1v) is 11.8. The summed E-state index contributed by atoms with van der Waals surface area (Å²) in [6.07, 6.45) is 0.00767. The topological polar surface area (TPSA) is 77.7 Å². The summed E-state index contributed by atoms with van der Waals surface area (Å²) in [5.74, 6) is 0.497. The van der Waals surface area contributed by atoms with Crippen molar-refractivity contribution in [3.8, 4) is 11.5 Å². The Labute approximate surface area is 182 Å². The quantitative estimate of drug-likeness (QED) is 0.434. The molecular weight excluding hydrogens is 441 g/mol. The van der Waals surface area contributed by atoms with Crippen LogP contribution in [0, 0.1) is 0 Å². The molecule has 0 radical (unpaired) electrons. The van der Waals surface area contributed by atoms with Gasteiger partial charge in [0.2, 0.25) is 0 Å². The van der Waals surface area contributed by atoms with Crippen LogP contribution in [0.25, 0.3) is 33.5 Å². The number of halogens is 3. The number of benzene rings is 1. The van der Waals surface area contributed by atoms with E-state index in [1.165, 1.54) is 4.57 Å². The smallest absolute Gasteiger partial charge is 0.310 e. The van der Waals surface area contributed by atoms with Crippen LogP contribution in [0.1, 0.15) is 36.8 Å². The highest BCUT2D eigenvalue weighted by atomic mass is 32.2. The van der Waals surface area contributed by atoms with E-state index < -0.39 is 21.6 Å². The maximum Gasteiger partial charge on any atom is 0.417 e. The number of rotatable bonds is 4. The first-order chi connectivity index (χ1) is 15.1. The van der Waals surface area contributed by atoms with Gasteiger partial charge in [0.1, 0.15) is 16.1 Å². The largest absolute Gasteiger partial charge is 0.417 e. The van der Waals surface area contributed by atoms with Gasteiger partial charge >= 0.3 is 6.18 Å². The maximum absolute atomic E-state index is 13.1. The summed E-state index contributed by atoms with van der Waals surface area (Å²) in [6, 6.07) is 6.59. The molecule has 1 aliphatic rings. The second-order valence-corrected chi connectivity index (χ2v) is 10.2. The lowest BCUT2D eigenvalue weighted by atomic mass is 10.0. The first-order valence-electron chi connectivity index (χ1n) is 10.2. The molecule has 3 aromatic heterocycles. The van der Waals surface area contributed by atoms with Gasteiger partial charge in [0.25, 0.3) is 0 Å². The predicted octanol–water partition coefficient (Wildman–Crippen LogP) is 4.87. The third-order valence-corrected chi connectivity index (χ3v) is 7.65. The van der Waals surface area contributed by atoms with E-state index in [-0.39, 0.29) is 33.3 Å². The summed E-state index contributed by atoms with van der Waals surface area (Å²) in [4.78, 5) is 12.7. The number of imidazole rings is 1. The fourth-order valence-electron chi connectivity index (χ4n) is 3.95. The fraction of sp³-hybridized carbons (Fsp3) is 0.318. The van der Waals surface area contributed by atoms with Crippen LogP contribution >= 0.6 is 0 Å². The van der Waals surface area contributed by atoms with Crippen LogP contribution in [0.15, 0.2) is 41.6 Å². The SMILES string of the molecule is CCS(=O)(=O)c1c(-c2nc3cc(C(F)(F)F)cnc3n2C)ncc2cc(C3CC3)ccc12. The van der Waals surface area contributed by atoms with Crippen LogP contribution in [0.3, 0.4) is 0 Å². The Morgan fingerprint density at radius 3 is 2.53 bits per heavy atom. The summed E-state index contributed by atoms with van der Waals surface area (Å²) in [5, 5.41) is 1.23. The molecule has 3 heterocycles. The van der Waals surface area contributed by atoms with Gasteiger partial charge in [-0.15, -0.1) is 0 Å². The molecule has 10 heteroatoms. The van der Waals surface area contributed by atoms with Crippen molar-refractivity contribution in [3.63, 3.8) is 0 Å². The second kappa shape index (κ2) is 6.99. The van der Waals surface area contributed by atoms with Crippen LogP contribution in [0.2, 0.25) is 0 Å². The van der Waals surface area contributed by atoms with Crippen LogP contribution in [0.5, 0.6) is 0 Å². The van der Waals surface area contributed by atoms with E-state index in [1.807, 2.05) is 12.1 Å². The monoisotopic (exact) mass is 460 g/mol. The molecule has 0 spiro atoms. The molecule has 0 saturated heterocycles. The molecule has 0 N–H and O–H groups in total. The number of hydrogen-bond donors (Lipinski definition) is 0. The lowest BCUT2D eigenvalue weighted by Crippen LogP contribution is -2.10. The van der Waals surface area contributed by atoms with Gasteiger partial charge < -0.3 is 4.57 Å². The number of alkyl halides is 3. The number of fused-ring (bicyclic) bond motifs is 2. The van der Waals surface area contributed by atoms with Gasteiger partial charge in [0, 0.05) is 30.2 Å². The number of hydrogen-bond acceptors (Lipinski definition) is 5. The van der Waals surface area contributed by atoms with Gasteiger partial charge in [0.15, 0.2) is 21.3 Å². The maximum atomic E-state index is 13.1. The summed E-state index contributed by atoms with van der Waals surface area (Å²) < 4.78 is 67.0. The standard InChI is InChI=1S/C22H19F3N4O2S/c1-3-32(30,31)19-16-7-6-13(12-4-5-12)8-14(16)10-26-18(19)21-28-17-9-15(22(23,24)25)11-27-20(17)29(21)2/h6-12H,3-5H2,1-2H3. The number of pyridine rings is 2. The average molecular weight is 460 g/mol. The Morgan fingerprint density at radius 2 is 1.88 bits per heavy atom. The van der Waals surface area contributed by atoms with Gasteiger partial charge in [-0.05, 0) is 36.5 Å². The zero-order valence-electron chi connectivity index (χ0n) is 17.3. The number of aromatic nitrogens is 4. The lowest BCUT2D eigenvalue weighted by Gasteiger charge is -2.13. The Kier molecular flexibility index (Phi) is 4.56. The van der Waals surface area contributed by atoms with E-state index in [2.05, 4.69) is 15.0 Å². The number of nitrogens with zero attached hydrogens (tertiary/aromatic N) is 4. The molecule has 32 heavy (non-hydrogen) atoms. The summed E-state index contributed by atoms with van der Waals surface area (Å²) in [7, 11) is -2.14. The van der Waals surface area contributed by atoms with E-state index >= 15 is 0 Å². The van der Waals surface area contributed by atoms with Gasteiger partial charge in [0.05, 0.1) is 11.3 Å². The normalized spacial score (nSPS) is 15.0. The number of sulfone groups is 1. The zero-order chi connectivity index (χ0) is 22.8. The van der Waals surface area contributed by atoms with Crippen molar-refractivity contribution in [1.29, 1.82) is 0 Å². The molecule has 0 amide bonds. The van der Waals surface area contributed by atoms with Crippen molar-refractivity contribution in [3.05, 3.63) is 47.8 Å². The van der Waals surface area contributed by atoms with E-state index in [9.17, 15) is 21.6 Å². The van der Waals surface area contributed by atoms with Crippen LogP contribution < -0.4 is 0 Å². The van der Waals surface area contributed by atoms with E-state index in [4.69, 9.17) is 0 Å². The van der Waals surface area contributed by atoms with Crippen molar-refractivity contribution in [2.75, 3.05) is 5.75 Å². The van der Waals surface area contributed by atoms with Crippen molar-refractivity contribution < 1.29 is 21.6 Å². The summed E-state index contributed by atoms with van der Waals surface area (Å²) in [6.45, 7) is 1.54. The summed E-state index contributed by atoms with van der Waals surface area (Å²) in [5.41, 5.74) is 0.559. The van der Waals surface area contributed by atoms with Crippen LogP contribution in [0.4, 0.5) is 13.2 Å². The van der Waals surface area contributed by atoms with Gasteiger partial charge in [-0.25, -0.2) is 18.4 Å². The van der Waals surface area contributed by atoms with E-state index in [1.54, 1.807) is 26.2 Å². The molecule has 0 bridgehead atoms. The molecule has 5 rings (SSSR count). The molecule has 0 atom stereocenters. The van der Waals surface area contributed by atoms with Crippen LogP contribution in [-0.4, -0.2) is 33.7 Å².